The first kappa shape index (κ1) is 22.1. The Kier molecular flexibility index (Phi) is 5.60. The number of alkyl halides is 3. The zero-order valence-corrected chi connectivity index (χ0v) is 18.2. The fourth-order valence-corrected chi connectivity index (χ4v) is 3.99. The quantitative estimate of drug-likeness (QED) is 0.555. The molecule has 2 N–H and O–H groups in total. The van der Waals surface area contributed by atoms with E-state index in [1.54, 1.807) is 24.0 Å². The molecule has 0 unspecified atom stereocenters. The number of hydrogen-bond acceptors (Lipinski definition) is 8. The summed E-state index contributed by atoms with van der Waals surface area (Å²) in [6, 6.07) is 5.64. The van der Waals surface area contributed by atoms with Gasteiger partial charge in [-0.3, -0.25) is 9.69 Å². The molecule has 34 heavy (non-hydrogen) atoms. The second kappa shape index (κ2) is 8.60. The number of nitrogens with zero attached hydrogens (tertiary/aromatic N) is 4. The summed E-state index contributed by atoms with van der Waals surface area (Å²) in [5.74, 6) is 0.723. The number of pyridine rings is 1. The van der Waals surface area contributed by atoms with Gasteiger partial charge in [0.2, 0.25) is 5.95 Å². The van der Waals surface area contributed by atoms with Crippen LogP contribution in [-0.4, -0.2) is 53.8 Å². The van der Waals surface area contributed by atoms with Crippen LogP contribution in [0, 0.1) is 6.92 Å². The molecule has 0 spiro atoms. The molecule has 9 nitrogen and oxygen atoms in total. The molecule has 12 heteroatoms. The first-order chi connectivity index (χ1) is 16.3. The number of benzene rings is 1. The first-order valence-corrected chi connectivity index (χ1v) is 10.7. The lowest BCUT2D eigenvalue weighted by Gasteiger charge is -2.26. The van der Waals surface area contributed by atoms with Crippen LogP contribution in [0.2, 0.25) is 0 Å². The number of ether oxygens (including phenoxy) is 2. The smallest absolute Gasteiger partial charge is 0.419 e. The van der Waals surface area contributed by atoms with Crippen LogP contribution in [-0.2, 0) is 22.3 Å². The maximum absolute atomic E-state index is 13.6. The Morgan fingerprint density at radius 1 is 1.12 bits per heavy atom. The number of anilines is 3. The fourth-order valence-electron chi connectivity index (χ4n) is 3.99. The van der Waals surface area contributed by atoms with E-state index in [1.165, 1.54) is 6.07 Å². The maximum atomic E-state index is 13.6. The highest BCUT2D eigenvalue weighted by Crippen LogP contribution is 2.39. The summed E-state index contributed by atoms with van der Waals surface area (Å²) in [5.41, 5.74) is 0.668. The second-order valence-electron chi connectivity index (χ2n) is 7.88. The van der Waals surface area contributed by atoms with Crippen LogP contribution >= 0.6 is 0 Å². The van der Waals surface area contributed by atoms with Gasteiger partial charge in [-0.15, -0.1) is 0 Å². The molecule has 1 aromatic carbocycles. The molecule has 1 amide bonds. The van der Waals surface area contributed by atoms with Gasteiger partial charge in [-0.1, -0.05) is 12.1 Å². The number of morpholine rings is 1. The lowest BCUT2D eigenvalue weighted by molar-refractivity contribution is -0.139. The number of hydrogen-bond donors (Lipinski definition) is 2. The molecule has 0 aliphatic carbocycles. The number of carbonyl (C=O) groups is 1. The van der Waals surface area contributed by atoms with Crippen LogP contribution < -0.4 is 20.3 Å². The second-order valence-corrected chi connectivity index (χ2v) is 7.88. The topological polar surface area (TPSA) is 102 Å². The van der Waals surface area contributed by atoms with Crippen molar-refractivity contribution in [2.45, 2.75) is 19.6 Å². The zero-order valence-electron chi connectivity index (χ0n) is 18.2. The third-order valence-electron chi connectivity index (χ3n) is 5.59. The minimum absolute atomic E-state index is 0.00780. The van der Waals surface area contributed by atoms with Crippen LogP contribution in [0.4, 0.5) is 30.8 Å². The monoisotopic (exact) mass is 474 g/mol. The molecule has 2 aromatic heterocycles. The van der Waals surface area contributed by atoms with Gasteiger partial charge in [-0.05, 0) is 19.1 Å². The number of fused-ring (bicyclic) bond motifs is 5. The summed E-state index contributed by atoms with van der Waals surface area (Å²) in [6.45, 7) is 2.75. The molecule has 2 aliphatic heterocycles. The summed E-state index contributed by atoms with van der Waals surface area (Å²) in [7, 11) is 0. The summed E-state index contributed by atoms with van der Waals surface area (Å²) < 4.78 is 51.5. The van der Waals surface area contributed by atoms with Gasteiger partial charge in [0, 0.05) is 17.5 Å². The fraction of sp³-hybridized carbons (Fsp3) is 0.364. The molecular weight excluding hydrogens is 453 g/mol. The molecule has 178 valence electrons. The minimum Gasteiger partial charge on any atom is -0.491 e. The third kappa shape index (κ3) is 4.16. The normalized spacial score (nSPS) is 16.7. The Morgan fingerprint density at radius 3 is 2.76 bits per heavy atom. The Balaban J connectivity index is 1.59. The molecule has 0 atom stereocenters. The molecule has 4 heterocycles. The van der Waals surface area contributed by atoms with Crippen LogP contribution in [0.3, 0.4) is 0 Å². The largest absolute Gasteiger partial charge is 0.491 e. The standard InChI is InChI=1S/C22H21F3N6O3/c1-12-18-14(9-16(28-12)31-6-8-33-11-17(31)32)20-27-10-13-3-2-4-15(22(23,24)25)19(13)34-7-5-26-21(29-18)30-20/h2-4,9H,5-8,10-11H2,1H3,(H2,26,27,29,30). The average molecular weight is 474 g/mol. The first-order valence-electron chi connectivity index (χ1n) is 10.7. The third-order valence-corrected chi connectivity index (χ3v) is 5.59. The summed E-state index contributed by atoms with van der Waals surface area (Å²) in [4.78, 5) is 27.5. The molecular formula is C22H21F3N6O3. The van der Waals surface area contributed by atoms with Crippen molar-refractivity contribution in [3.05, 3.63) is 41.1 Å². The van der Waals surface area contributed by atoms with E-state index in [2.05, 4.69) is 25.6 Å². The van der Waals surface area contributed by atoms with Gasteiger partial charge >= 0.3 is 6.18 Å². The van der Waals surface area contributed by atoms with E-state index in [-0.39, 0.29) is 38.0 Å². The molecule has 0 radical (unpaired) electrons. The van der Waals surface area contributed by atoms with Crippen LogP contribution in [0.25, 0.3) is 10.9 Å². The van der Waals surface area contributed by atoms with Crippen molar-refractivity contribution < 1.29 is 27.4 Å². The highest BCUT2D eigenvalue weighted by atomic mass is 19.4. The predicted molar refractivity (Wildman–Crippen MR) is 118 cm³/mol. The van der Waals surface area contributed by atoms with Crippen LogP contribution in [0.15, 0.2) is 24.3 Å². The van der Waals surface area contributed by atoms with Crippen molar-refractivity contribution in [1.82, 2.24) is 15.0 Å². The number of amides is 1. The Labute approximate surface area is 192 Å². The average Bonchev–Trinajstić information content (AvgIpc) is 2.83. The molecule has 3 aromatic rings. The highest BCUT2D eigenvalue weighted by Gasteiger charge is 2.35. The molecule has 0 saturated carbocycles. The van der Waals surface area contributed by atoms with Crippen molar-refractivity contribution in [2.75, 3.05) is 48.4 Å². The predicted octanol–water partition coefficient (Wildman–Crippen LogP) is 3.13. The Bertz CT molecular complexity index is 1270. The number of aromatic nitrogens is 3. The lowest BCUT2D eigenvalue weighted by Crippen LogP contribution is -2.42. The number of carbonyl (C=O) groups excluding carboxylic acids is 1. The van der Waals surface area contributed by atoms with Crippen molar-refractivity contribution in [1.29, 1.82) is 0 Å². The van der Waals surface area contributed by atoms with E-state index in [0.29, 0.717) is 52.9 Å². The van der Waals surface area contributed by atoms with Crippen molar-refractivity contribution in [2.24, 2.45) is 0 Å². The van der Waals surface area contributed by atoms with E-state index in [9.17, 15) is 18.0 Å². The van der Waals surface area contributed by atoms with Crippen LogP contribution in [0.5, 0.6) is 5.75 Å². The van der Waals surface area contributed by atoms with Crippen molar-refractivity contribution >= 4 is 34.4 Å². The number of halogens is 3. The van der Waals surface area contributed by atoms with Gasteiger partial charge < -0.3 is 20.1 Å². The molecule has 1 saturated heterocycles. The lowest BCUT2D eigenvalue weighted by atomic mass is 10.1. The summed E-state index contributed by atoms with van der Waals surface area (Å²) >= 11 is 0. The number of aryl methyl sites for hydroxylation is 1. The van der Waals surface area contributed by atoms with Gasteiger partial charge in [0.05, 0.1) is 36.5 Å². The number of rotatable bonds is 1. The SMILES string of the molecule is Cc1nc(N2CCOCC2=O)cc2c3nc(nc12)NCCOc1c(cccc1C(F)(F)F)CN3. The van der Waals surface area contributed by atoms with Gasteiger partial charge in [0.15, 0.2) is 0 Å². The van der Waals surface area contributed by atoms with E-state index in [1.807, 2.05) is 0 Å². The van der Waals surface area contributed by atoms with E-state index in [4.69, 9.17) is 9.47 Å². The van der Waals surface area contributed by atoms with E-state index in [0.717, 1.165) is 6.07 Å². The highest BCUT2D eigenvalue weighted by molar-refractivity contribution is 5.98. The summed E-state index contributed by atoms with van der Waals surface area (Å²) in [6.07, 6.45) is -4.55. The minimum atomic E-state index is -4.55. The van der Waals surface area contributed by atoms with Crippen LogP contribution in [0.1, 0.15) is 16.8 Å². The molecule has 2 aliphatic rings. The van der Waals surface area contributed by atoms with Crippen molar-refractivity contribution in [3.8, 4) is 5.75 Å². The molecule has 1 fully saturated rings. The number of nitrogens with one attached hydrogen (secondary N) is 2. The summed E-state index contributed by atoms with van der Waals surface area (Å²) in [5, 5.41) is 6.73. The van der Waals surface area contributed by atoms with Gasteiger partial charge in [0.25, 0.3) is 5.91 Å². The maximum Gasteiger partial charge on any atom is 0.419 e. The van der Waals surface area contributed by atoms with E-state index < -0.39 is 11.7 Å². The zero-order chi connectivity index (χ0) is 23.9. The van der Waals surface area contributed by atoms with Gasteiger partial charge in [-0.2, -0.15) is 18.2 Å². The van der Waals surface area contributed by atoms with Crippen molar-refractivity contribution in [3.63, 3.8) is 0 Å². The molecule has 5 rings (SSSR count). The Morgan fingerprint density at radius 2 is 1.97 bits per heavy atom. The van der Waals surface area contributed by atoms with Gasteiger partial charge in [-0.25, -0.2) is 9.97 Å². The molecule has 2 bridgehead atoms. The number of para-hydroxylation sites is 1. The van der Waals surface area contributed by atoms with Gasteiger partial charge in [0.1, 0.15) is 30.6 Å². The Hall–Kier alpha value is -3.67. The van der Waals surface area contributed by atoms with E-state index >= 15 is 0 Å².